The molecule has 0 radical (unpaired) electrons. The zero-order valence-electron chi connectivity index (χ0n) is 13.5. The van der Waals surface area contributed by atoms with Gasteiger partial charge in [0, 0.05) is 6.54 Å². The maximum Gasteiger partial charge on any atom is 0.307 e. The Morgan fingerprint density at radius 2 is 1.77 bits per heavy atom. The van der Waals surface area contributed by atoms with Gasteiger partial charge in [-0.05, 0) is 23.6 Å². The molecular weight excluding hydrogens is 380 g/mol. The minimum absolute atomic E-state index is 0.0832. The summed E-state index contributed by atoms with van der Waals surface area (Å²) in [6.07, 6.45) is -0.252. The minimum atomic E-state index is -3.71. The summed E-state index contributed by atoms with van der Waals surface area (Å²) in [5.41, 5.74) is 0. The van der Waals surface area contributed by atoms with Crippen molar-refractivity contribution in [3.05, 3.63) is 52.7 Å². The van der Waals surface area contributed by atoms with Crippen LogP contribution >= 0.6 is 11.3 Å². The second-order valence-corrected chi connectivity index (χ2v) is 7.69. The maximum atomic E-state index is 11.9. The van der Waals surface area contributed by atoms with Gasteiger partial charge in [-0.1, -0.05) is 24.3 Å². The molecule has 2 rings (SSSR count). The molecule has 0 aliphatic carbocycles. The largest absolute Gasteiger partial charge is 0.456 e. The second kappa shape index (κ2) is 9.22. The van der Waals surface area contributed by atoms with E-state index in [0.717, 1.165) is 0 Å². The van der Waals surface area contributed by atoms with Crippen molar-refractivity contribution in [1.82, 2.24) is 10.0 Å². The number of nitrogens with one attached hydrogen (secondary N) is 2. The monoisotopic (exact) mass is 396 g/mol. The summed E-state index contributed by atoms with van der Waals surface area (Å²) >= 11 is 1.17. The van der Waals surface area contributed by atoms with Crippen LogP contribution in [0.25, 0.3) is 0 Å². The fourth-order valence-electron chi connectivity index (χ4n) is 1.82. The molecule has 0 saturated heterocycles. The molecule has 0 atom stereocenters. The van der Waals surface area contributed by atoms with Gasteiger partial charge < -0.3 is 4.74 Å². The molecule has 1 aromatic heterocycles. The fraction of sp³-hybridized carbons (Fsp3) is 0.188. The summed E-state index contributed by atoms with van der Waals surface area (Å²) in [4.78, 5) is 35.2. The standard InChI is InChI=1S/C16H16N2O6S2/c19-14(18-16(21)13-7-4-10-25-13)11-24-15(20)8-9-17-26(22,23)12-5-2-1-3-6-12/h1-7,10,17H,8-9,11H2,(H,18,19,21). The van der Waals surface area contributed by atoms with E-state index in [1.807, 2.05) is 0 Å². The number of esters is 1. The molecule has 0 saturated carbocycles. The van der Waals surface area contributed by atoms with Crippen LogP contribution in [0.2, 0.25) is 0 Å². The second-order valence-electron chi connectivity index (χ2n) is 4.98. The van der Waals surface area contributed by atoms with Crippen molar-refractivity contribution >= 4 is 39.1 Å². The van der Waals surface area contributed by atoms with Crippen molar-refractivity contribution in [2.45, 2.75) is 11.3 Å². The van der Waals surface area contributed by atoms with Gasteiger partial charge in [0.2, 0.25) is 10.0 Å². The summed E-state index contributed by atoms with van der Waals surface area (Å²) in [6, 6.07) is 10.9. The number of amides is 2. The molecule has 1 heterocycles. The Bertz CT molecular complexity index is 863. The van der Waals surface area contributed by atoms with Crippen molar-refractivity contribution in [3.63, 3.8) is 0 Å². The summed E-state index contributed by atoms with van der Waals surface area (Å²) in [6.45, 7) is -0.798. The van der Waals surface area contributed by atoms with E-state index < -0.39 is 34.4 Å². The van der Waals surface area contributed by atoms with Crippen LogP contribution in [-0.2, 0) is 24.3 Å². The van der Waals surface area contributed by atoms with Crippen molar-refractivity contribution in [3.8, 4) is 0 Å². The summed E-state index contributed by atoms with van der Waals surface area (Å²) in [5, 5.41) is 3.77. The Morgan fingerprint density at radius 3 is 2.42 bits per heavy atom. The van der Waals surface area contributed by atoms with Crippen LogP contribution in [0.5, 0.6) is 0 Å². The third kappa shape index (κ3) is 6.06. The van der Waals surface area contributed by atoms with Crippen LogP contribution in [-0.4, -0.2) is 39.4 Å². The van der Waals surface area contributed by atoms with Crippen molar-refractivity contribution in [2.75, 3.05) is 13.2 Å². The van der Waals surface area contributed by atoms with E-state index in [2.05, 4.69) is 10.0 Å². The minimum Gasteiger partial charge on any atom is -0.456 e. The average molecular weight is 396 g/mol. The first-order valence-corrected chi connectivity index (χ1v) is 9.83. The number of rotatable bonds is 8. The number of ether oxygens (including phenoxy) is 1. The van der Waals surface area contributed by atoms with E-state index >= 15 is 0 Å². The van der Waals surface area contributed by atoms with Gasteiger partial charge in [-0.3, -0.25) is 19.7 Å². The smallest absolute Gasteiger partial charge is 0.307 e. The summed E-state index contributed by atoms with van der Waals surface area (Å²) in [5.74, 6) is -2.10. The lowest BCUT2D eigenvalue weighted by Crippen LogP contribution is -2.34. The molecule has 2 N–H and O–H groups in total. The Balaban J connectivity index is 1.69. The van der Waals surface area contributed by atoms with Crippen LogP contribution in [0, 0.1) is 0 Å². The highest BCUT2D eigenvalue weighted by molar-refractivity contribution is 7.89. The first-order valence-electron chi connectivity index (χ1n) is 7.46. The Hall–Kier alpha value is -2.56. The number of carbonyl (C=O) groups is 3. The molecule has 8 nitrogen and oxygen atoms in total. The highest BCUT2D eigenvalue weighted by Crippen LogP contribution is 2.08. The lowest BCUT2D eigenvalue weighted by atomic mass is 10.4. The van der Waals surface area contributed by atoms with Gasteiger partial charge in [-0.25, -0.2) is 13.1 Å². The molecule has 0 unspecified atom stereocenters. The number of imide groups is 1. The van der Waals surface area contributed by atoms with E-state index in [-0.39, 0.29) is 17.9 Å². The Labute approximate surface area is 154 Å². The number of thiophene rings is 1. The van der Waals surface area contributed by atoms with Crippen LogP contribution in [0.4, 0.5) is 0 Å². The zero-order valence-corrected chi connectivity index (χ0v) is 15.1. The highest BCUT2D eigenvalue weighted by atomic mass is 32.2. The zero-order chi connectivity index (χ0) is 19.0. The normalized spacial score (nSPS) is 10.9. The third-order valence-corrected chi connectivity index (χ3v) is 5.38. The van der Waals surface area contributed by atoms with Crippen LogP contribution in [0.15, 0.2) is 52.7 Å². The number of sulfonamides is 1. The lowest BCUT2D eigenvalue weighted by molar-refractivity contribution is -0.148. The van der Waals surface area contributed by atoms with E-state index in [1.54, 1.807) is 35.7 Å². The predicted octanol–water partition coefficient (Wildman–Crippen LogP) is 0.916. The quantitative estimate of drug-likeness (QED) is 0.641. The van der Waals surface area contributed by atoms with E-state index in [1.165, 1.54) is 23.5 Å². The molecule has 1 aromatic carbocycles. The molecule has 0 aliphatic heterocycles. The lowest BCUT2D eigenvalue weighted by Gasteiger charge is -2.07. The number of carbonyl (C=O) groups excluding carboxylic acids is 3. The number of hydrogen-bond acceptors (Lipinski definition) is 7. The third-order valence-electron chi connectivity index (χ3n) is 3.04. The van der Waals surface area contributed by atoms with Gasteiger partial charge in [0.05, 0.1) is 16.2 Å². The molecule has 0 bridgehead atoms. The van der Waals surface area contributed by atoms with Gasteiger partial charge in [0.1, 0.15) is 0 Å². The molecular formula is C16H16N2O6S2. The fourth-order valence-corrected chi connectivity index (χ4v) is 3.49. The Kier molecular flexibility index (Phi) is 7.01. The van der Waals surface area contributed by atoms with Gasteiger partial charge in [0.15, 0.2) is 6.61 Å². The number of benzene rings is 1. The molecule has 10 heteroatoms. The SMILES string of the molecule is O=C(COC(=O)CCNS(=O)(=O)c1ccccc1)NC(=O)c1cccs1. The summed E-state index contributed by atoms with van der Waals surface area (Å²) < 4.78 is 30.9. The van der Waals surface area contributed by atoms with E-state index in [4.69, 9.17) is 4.74 Å². The molecule has 26 heavy (non-hydrogen) atoms. The molecule has 2 amide bonds. The topological polar surface area (TPSA) is 119 Å². The molecule has 0 aliphatic rings. The molecule has 0 spiro atoms. The Morgan fingerprint density at radius 1 is 1.04 bits per heavy atom. The predicted molar refractivity (Wildman–Crippen MR) is 94.0 cm³/mol. The maximum absolute atomic E-state index is 11.9. The van der Waals surface area contributed by atoms with Gasteiger partial charge in [-0.2, -0.15) is 0 Å². The van der Waals surface area contributed by atoms with Gasteiger partial charge in [-0.15, -0.1) is 11.3 Å². The first kappa shape index (κ1) is 19.8. The number of hydrogen-bond donors (Lipinski definition) is 2. The van der Waals surface area contributed by atoms with Gasteiger partial charge >= 0.3 is 5.97 Å². The molecule has 0 fully saturated rings. The highest BCUT2D eigenvalue weighted by Gasteiger charge is 2.15. The molecule has 2 aromatic rings. The van der Waals surface area contributed by atoms with Crippen LogP contribution in [0.3, 0.4) is 0 Å². The van der Waals surface area contributed by atoms with Gasteiger partial charge in [0.25, 0.3) is 11.8 Å². The first-order chi connectivity index (χ1) is 12.4. The van der Waals surface area contributed by atoms with Crippen molar-refractivity contribution < 1.29 is 27.5 Å². The van der Waals surface area contributed by atoms with E-state index in [9.17, 15) is 22.8 Å². The summed E-state index contributed by atoms with van der Waals surface area (Å²) in [7, 11) is -3.71. The van der Waals surface area contributed by atoms with Crippen LogP contribution < -0.4 is 10.0 Å². The van der Waals surface area contributed by atoms with Crippen LogP contribution in [0.1, 0.15) is 16.1 Å². The van der Waals surface area contributed by atoms with E-state index in [0.29, 0.717) is 4.88 Å². The van der Waals surface area contributed by atoms with Crippen molar-refractivity contribution in [1.29, 1.82) is 0 Å². The molecule has 138 valence electrons. The van der Waals surface area contributed by atoms with Crippen molar-refractivity contribution in [2.24, 2.45) is 0 Å². The average Bonchev–Trinajstić information content (AvgIpc) is 3.15.